The van der Waals surface area contributed by atoms with E-state index < -0.39 is 0 Å². The van der Waals surface area contributed by atoms with Gasteiger partial charge < -0.3 is 0 Å². The van der Waals surface area contributed by atoms with Gasteiger partial charge in [0.1, 0.15) is 0 Å². The first kappa shape index (κ1) is 23.4. The first-order valence-electron chi connectivity index (χ1n) is 12.0. The van der Waals surface area contributed by atoms with Gasteiger partial charge in [-0.1, -0.05) is 100 Å². The van der Waals surface area contributed by atoms with Crippen LogP contribution in [-0.4, -0.2) is 12.4 Å². The third-order valence-electron chi connectivity index (χ3n) is 6.00. The predicted molar refractivity (Wildman–Crippen MR) is 147 cm³/mol. The molecule has 0 heterocycles. The van der Waals surface area contributed by atoms with Crippen molar-refractivity contribution < 1.29 is 0 Å². The molecule has 0 bridgehead atoms. The molecule has 0 aromatic heterocycles. The van der Waals surface area contributed by atoms with Crippen molar-refractivity contribution in [2.24, 2.45) is 9.98 Å². The van der Waals surface area contributed by atoms with Gasteiger partial charge in [0.05, 0.1) is 11.4 Å². The molecule has 0 fully saturated rings. The van der Waals surface area contributed by atoms with E-state index in [-0.39, 0.29) is 0 Å². The van der Waals surface area contributed by atoms with Gasteiger partial charge in [0.2, 0.25) is 0 Å². The van der Waals surface area contributed by atoms with Crippen molar-refractivity contribution in [3.05, 3.63) is 119 Å². The molecule has 0 unspecified atom stereocenters. The summed E-state index contributed by atoms with van der Waals surface area (Å²) in [5, 5.41) is 0. The van der Waals surface area contributed by atoms with Crippen LogP contribution in [-0.2, 0) is 0 Å². The zero-order chi connectivity index (χ0) is 23.9. The second-order valence-corrected chi connectivity index (χ2v) is 9.25. The molecule has 2 nitrogen and oxygen atoms in total. The molecule has 4 rings (SSSR count). The first-order chi connectivity index (χ1) is 16.5. The van der Waals surface area contributed by atoms with Crippen LogP contribution in [0.2, 0.25) is 0 Å². The fourth-order valence-electron chi connectivity index (χ4n) is 3.71. The monoisotopic (exact) mass is 444 g/mol. The number of aliphatic imine (C=N–C) groups is 2. The number of rotatable bonds is 7. The average Bonchev–Trinajstić information content (AvgIpc) is 2.87. The zero-order valence-corrected chi connectivity index (χ0v) is 20.4. The number of hydrogen-bond acceptors (Lipinski definition) is 2. The van der Waals surface area contributed by atoms with Gasteiger partial charge in [-0.3, -0.25) is 9.98 Å². The fourth-order valence-corrected chi connectivity index (χ4v) is 3.71. The smallest absolute Gasteiger partial charge is 0.0630 e. The van der Waals surface area contributed by atoms with Crippen molar-refractivity contribution in [2.45, 2.75) is 39.5 Å². The van der Waals surface area contributed by atoms with Crippen LogP contribution < -0.4 is 0 Å². The summed E-state index contributed by atoms with van der Waals surface area (Å²) in [5.41, 5.74) is 9.14. The molecular weight excluding hydrogens is 412 g/mol. The van der Waals surface area contributed by atoms with Crippen LogP contribution in [0.3, 0.4) is 0 Å². The molecular formula is C32H32N2. The van der Waals surface area contributed by atoms with Crippen LogP contribution in [0.5, 0.6) is 0 Å². The van der Waals surface area contributed by atoms with Gasteiger partial charge in [-0.2, -0.15) is 0 Å². The standard InChI is InChI=1S/C32H32N2/c1-23(2)27-9-5-25(6-10-27)21-33-31-17-13-29(14-18-31)30-15-19-32(20-16-30)34-22-26-7-11-28(12-8-26)24(3)4/h5-24H,1-4H3. The van der Waals surface area contributed by atoms with Gasteiger partial charge in [-0.15, -0.1) is 0 Å². The Morgan fingerprint density at radius 3 is 1.06 bits per heavy atom. The molecule has 4 aromatic rings. The quantitative estimate of drug-likeness (QED) is 0.254. The van der Waals surface area contributed by atoms with Crippen molar-refractivity contribution >= 4 is 23.8 Å². The SMILES string of the molecule is CC(C)c1ccc(C=Nc2ccc(-c3ccc(N=Cc4ccc(C(C)C)cc4)cc3)cc2)cc1. The lowest BCUT2D eigenvalue weighted by Crippen LogP contribution is -1.88. The Bertz CT molecular complexity index is 1140. The highest BCUT2D eigenvalue weighted by atomic mass is 14.7. The van der Waals surface area contributed by atoms with Crippen LogP contribution >= 0.6 is 0 Å². The first-order valence-corrected chi connectivity index (χ1v) is 12.0. The molecule has 0 saturated carbocycles. The van der Waals surface area contributed by atoms with E-state index in [0.717, 1.165) is 22.5 Å². The Labute approximate surface area is 203 Å². The summed E-state index contributed by atoms with van der Waals surface area (Å²) in [5.74, 6) is 1.09. The third-order valence-corrected chi connectivity index (χ3v) is 6.00. The largest absolute Gasteiger partial charge is 0.256 e. The number of hydrogen-bond donors (Lipinski definition) is 0. The summed E-state index contributed by atoms with van der Waals surface area (Å²) in [4.78, 5) is 9.25. The van der Waals surface area contributed by atoms with E-state index in [0.29, 0.717) is 11.8 Å². The summed E-state index contributed by atoms with van der Waals surface area (Å²) in [7, 11) is 0. The predicted octanol–water partition coefficient (Wildman–Crippen LogP) is 9.10. The summed E-state index contributed by atoms with van der Waals surface area (Å²) in [6.07, 6.45) is 3.84. The highest BCUT2D eigenvalue weighted by molar-refractivity contribution is 5.83. The Balaban J connectivity index is 1.38. The second-order valence-electron chi connectivity index (χ2n) is 9.25. The van der Waals surface area contributed by atoms with E-state index in [4.69, 9.17) is 0 Å². The van der Waals surface area contributed by atoms with Crippen LogP contribution in [0.4, 0.5) is 11.4 Å². The minimum Gasteiger partial charge on any atom is -0.256 e. The lowest BCUT2D eigenvalue weighted by Gasteiger charge is -2.05. The zero-order valence-electron chi connectivity index (χ0n) is 20.4. The average molecular weight is 445 g/mol. The molecule has 34 heavy (non-hydrogen) atoms. The topological polar surface area (TPSA) is 24.7 Å². The Morgan fingerprint density at radius 1 is 0.441 bits per heavy atom. The molecule has 0 amide bonds. The summed E-state index contributed by atoms with van der Waals surface area (Å²) >= 11 is 0. The molecule has 0 spiro atoms. The van der Waals surface area contributed by atoms with E-state index in [1.807, 2.05) is 12.4 Å². The van der Waals surface area contributed by atoms with Crippen molar-refractivity contribution in [1.29, 1.82) is 0 Å². The number of nitrogens with zero attached hydrogens (tertiary/aromatic N) is 2. The van der Waals surface area contributed by atoms with Gasteiger partial charge in [-0.25, -0.2) is 0 Å². The van der Waals surface area contributed by atoms with Crippen LogP contribution in [0, 0.1) is 0 Å². The highest BCUT2D eigenvalue weighted by Gasteiger charge is 2.01. The third kappa shape index (κ3) is 6.17. The Hall–Kier alpha value is -3.78. The van der Waals surface area contributed by atoms with Crippen LogP contribution in [0.25, 0.3) is 11.1 Å². The molecule has 0 aliphatic rings. The van der Waals surface area contributed by atoms with Gasteiger partial charge in [0, 0.05) is 12.4 Å². The van der Waals surface area contributed by atoms with E-state index in [1.165, 1.54) is 22.3 Å². The maximum absolute atomic E-state index is 4.62. The van der Waals surface area contributed by atoms with Crippen molar-refractivity contribution in [3.8, 4) is 11.1 Å². The second kappa shape index (κ2) is 10.9. The van der Waals surface area contributed by atoms with E-state index in [2.05, 4.69) is 135 Å². The van der Waals surface area contributed by atoms with Crippen LogP contribution in [0.1, 0.15) is 61.8 Å². The van der Waals surface area contributed by atoms with Crippen LogP contribution in [0.15, 0.2) is 107 Å². The molecule has 0 N–H and O–H groups in total. The molecule has 0 saturated heterocycles. The van der Waals surface area contributed by atoms with Gasteiger partial charge >= 0.3 is 0 Å². The lowest BCUT2D eigenvalue weighted by atomic mass is 10.0. The molecule has 2 heteroatoms. The summed E-state index contributed by atoms with van der Waals surface area (Å²) < 4.78 is 0. The molecule has 0 radical (unpaired) electrons. The maximum atomic E-state index is 4.62. The van der Waals surface area contributed by atoms with Gasteiger partial charge in [0.15, 0.2) is 0 Å². The molecule has 0 atom stereocenters. The normalized spacial score (nSPS) is 11.8. The highest BCUT2D eigenvalue weighted by Crippen LogP contribution is 2.25. The van der Waals surface area contributed by atoms with Crippen molar-refractivity contribution in [3.63, 3.8) is 0 Å². The molecule has 0 aliphatic carbocycles. The van der Waals surface area contributed by atoms with Crippen molar-refractivity contribution in [2.75, 3.05) is 0 Å². The number of benzene rings is 4. The van der Waals surface area contributed by atoms with Crippen molar-refractivity contribution in [1.82, 2.24) is 0 Å². The Morgan fingerprint density at radius 2 is 0.765 bits per heavy atom. The Kier molecular flexibility index (Phi) is 7.49. The minimum absolute atomic E-state index is 0.543. The van der Waals surface area contributed by atoms with E-state index in [9.17, 15) is 0 Å². The van der Waals surface area contributed by atoms with E-state index >= 15 is 0 Å². The molecule has 170 valence electrons. The lowest BCUT2D eigenvalue weighted by molar-refractivity contribution is 0.866. The summed E-state index contributed by atoms with van der Waals surface area (Å²) in [6.45, 7) is 8.83. The molecule has 4 aromatic carbocycles. The summed E-state index contributed by atoms with van der Waals surface area (Å²) in [6, 6.07) is 33.9. The van der Waals surface area contributed by atoms with Gasteiger partial charge in [-0.05, 0) is 69.5 Å². The molecule has 0 aliphatic heterocycles. The maximum Gasteiger partial charge on any atom is 0.0630 e. The minimum atomic E-state index is 0.543. The van der Waals surface area contributed by atoms with E-state index in [1.54, 1.807) is 0 Å². The van der Waals surface area contributed by atoms with Gasteiger partial charge in [0.25, 0.3) is 0 Å². The fraction of sp³-hybridized carbons (Fsp3) is 0.188.